The minimum atomic E-state index is -4.41. The van der Waals surface area contributed by atoms with Gasteiger partial charge in [-0.1, -0.05) is 324 Å². The van der Waals surface area contributed by atoms with Gasteiger partial charge in [0.05, 0.1) is 42.0 Å². The molecule has 0 aliphatic rings. The summed E-state index contributed by atoms with van der Waals surface area (Å²) in [6.45, 7) is 17.9. The van der Waals surface area contributed by atoms with E-state index in [1.165, 1.54) is 283 Å². The van der Waals surface area contributed by atoms with Crippen LogP contribution < -0.4 is 0 Å². The van der Waals surface area contributed by atoms with E-state index in [-0.39, 0.29) is 0 Å². The third-order valence-electron chi connectivity index (χ3n) is 21.4. The number of hydrogen-bond donors (Lipinski definition) is 0. The van der Waals surface area contributed by atoms with Crippen molar-refractivity contribution in [2.24, 2.45) is 0 Å². The van der Waals surface area contributed by atoms with E-state index in [4.69, 9.17) is 9.97 Å². The second kappa shape index (κ2) is 45.7. The molecule has 4 heterocycles. The van der Waals surface area contributed by atoms with Crippen LogP contribution in [-0.4, -0.2) is 9.97 Å². The molecule has 0 bridgehead atoms. The number of thiophene rings is 2. The van der Waals surface area contributed by atoms with Crippen molar-refractivity contribution < 1.29 is 26.3 Å². The summed E-state index contributed by atoms with van der Waals surface area (Å²) in [7, 11) is 0. The lowest BCUT2D eigenvalue weighted by Gasteiger charge is -2.28. The van der Waals surface area contributed by atoms with Crippen LogP contribution in [0.4, 0.5) is 26.3 Å². The van der Waals surface area contributed by atoms with Gasteiger partial charge in [-0.25, -0.2) is 9.97 Å². The first kappa shape index (κ1) is 83.6. The largest absolute Gasteiger partial charge is 0.416 e. The molecule has 0 aliphatic carbocycles. The topological polar surface area (TPSA) is 25.8 Å². The highest BCUT2D eigenvalue weighted by Crippen LogP contribution is 2.52. The summed E-state index contributed by atoms with van der Waals surface area (Å²) in [5, 5.41) is 2.10. The Hall–Kier alpha value is -3.32. The Morgan fingerprint density at radius 1 is 0.276 bits per heavy atom. The SMILES string of the molecule is CCCCCCCCCCCCCCc1cc(C(C)(CC)c2ccc(C(F)(F)F)cc2)sc1-c1nc(CCCCCCCCCCCC)c(-c2sc(-c3sc(C(C)(CC)c4ccc(C(F)(F)F)cc4)cc3CCCCCCCCCCCC)nc2CCCCCCCCCCCC)s1. The van der Waals surface area contributed by atoms with Crippen molar-refractivity contribution in [3.8, 4) is 29.5 Å². The number of unbranched alkanes of at least 4 members (excludes halogenated alkanes) is 38. The highest BCUT2D eigenvalue weighted by molar-refractivity contribution is 7.28. The van der Waals surface area contributed by atoms with E-state index in [1.54, 1.807) is 24.3 Å². The summed E-state index contributed by atoms with van der Waals surface area (Å²) in [6, 6.07) is 16.7. The third kappa shape index (κ3) is 27.4. The second-order valence-corrected chi connectivity index (χ2v) is 33.6. The number of aromatic nitrogens is 2. The Morgan fingerprint density at radius 2 is 0.500 bits per heavy atom. The van der Waals surface area contributed by atoms with E-state index >= 15 is 0 Å². The summed E-state index contributed by atoms with van der Waals surface area (Å²) >= 11 is 7.33. The lowest BCUT2D eigenvalue weighted by Crippen LogP contribution is -2.21. The first-order valence-electron chi connectivity index (χ1n) is 40.1. The van der Waals surface area contributed by atoms with Gasteiger partial charge in [0.15, 0.2) is 0 Å². The van der Waals surface area contributed by atoms with E-state index < -0.39 is 34.3 Å². The van der Waals surface area contributed by atoms with E-state index in [0.717, 1.165) is 122 Å². The summed E-state index contributed by atoms with van der Waals surface area (Å²) in [5.41, 5.74) is 4.49. The van der Waals surface area contributed by atoms with Crippen LogP contribution in [0.15, 0.2) is 60.7 Å². The molecule has 0 radical (unpaired) electrons. The van der Waals surface area contributed by atoms with Crippen LogP contribution in [0, 0.1) is 0 Å². The molecule has 0 aliphatic heterocycles. The minimum Gasteiger partial charge on any atom is -0.240 e. The van der Waals surface area contributed by atoms with Gasteiger partial charge in [0.2, 0.25) is 0 Å². The van der Waals surface area contributed by atoms with Gasteiger partial charge in [0.1, 0.15) is 10.0 Å². The van der Waals surface area contributed by atoms with E-state index in [1.807, 2.05) is 45.3 Å². The van der Waals surface area contributed by atoms with Gasteiger partial charge in [-0.15, -0.1) is 45.3 Å². The zero-order chi connectivity index (χ0) is 70.5. The first-order chi connectivity index (χ1) is 47.4. The molecule has 2 nitrogen and oxygen atoms in total. The molecule has 550 valence electrons. The lowest BCUT2D eigenvalue weighted by atomic mass is 9.78. The average molecular weight is 1430 g/mol. The monoisotopic (exact) mass is 1430 g/mol. The number of nitrogens with zero attached hydrogens (tertiary/aromatic N) is 2. The quantitative estimate of drug-likeness (QED) is 0.0281. The molecule has 6 aromatic rings. The number of halogens is 6. The first-order valence-corrected chi connectivity index (χ1v) is 43.3. The number of thiazole rings is 2. The van der Waals surface area contributed by atoms with Gasteiger partial charge in [-0.2, -0.15) is 26.3 Å². The summed E-state index contributed by atoms with van der Waals surface area (Å²) in [6.07, 6.45) is 49.3. The molecule has 0 saturated carbocycles. The number of benzene rings is 2. The second-order valence-electron chi connectivity index (χ2n) is 29.5. The molecule has 0 saturated heterocycles. The highest BCUT2D eigenvalue weighted by atomic mass is 32.1. The zero-order valence-corrected chi connectivity index (χ0v) is 65.8. The van der Waals surface area contributed by atoms with Gasteiger partial charge >= 0.3 is 12.4 Å². The van der Waals surface area contributed by atoms with Crippen LogP contribution in [0.1, 0.15) is 392 Å². The Kier molecular flexibility index (Phi) is 39.0. The van der Waals surface area contributed by atoms with Crippen molar-refractivity contribution in [1.82, 2.24) is 9.97 Å². The summed E-state index contributed by atoms with van der Waals surface area (Å²) in [4.78, 5) is 18.9. The van der Waals surface area contributed by atoms with Crippen LogP contribution in [0.5, 0.6) is 0 Å². The predicted molar refractivity (Wildman–Crippen MR) is 418 cm³/mol. The molecule has 2 atom stereocenters. The van der Waals surface area contributed by atoms with Crippen molar-refractivity contribution in [1.29, 1.82) is 0 Å². The van der Waals surface area contributed by atoms with Crippen LogP contribution in [-0.2, 0) is 48.9 Å². The van der Waals surface area contributed by atoms with Gasteiger partial charge in [-0.3, -0.25) is 0 Å². The smallest absolute Gasteiger partial charge is 0.240 e. The van der Waals surface area contributed by atoms with E-state index in [9.17, 15) is 26.3 Å². The molecule has 4 aromatic heterocycles. The molecule has 0 N–H and O–H groups in total. The van der Waals surface area contributed by atoms with Gasteiger partial charge in [0, 0.05) is 20.6 Å². The van der Waals surface area contributed by atoms with Crippen molar-refractivity contribution in [3.05, 3.63) is 115 Å². The summed E-state index contributed by atoms with van der Waals surface area (Å²) < 4.78 is 84.3. The molecule has 2 aromatic carbocycles. The van der Waals surface area contributed by atoms with Gasteiger partial charge < -0.3 is 0 Å². The fourth-order valence-corrected chi connectivity index (χ4v) is 19.9. The Bertz CT molecular complexity index is 3050. The zero-order valence-electron chi connectivity index (χ0n) is 62.5. The highest BCUT2D eigenvalue weighted by Gasteiger charge is 2.37. The third-order valence-corrected chi connectivity index (χ3v) is 27.0. The Balaban J connectivity index is 1.44. The van der Waals surface area contributed by atoms with Crippen molar-refractivity contribution in [2.45, 2.75) is 387 Å². The Labute approximate surface area is 609 Å². The van der Waals surface area contributed by atoms with Crippen molar-refractivity contribution >= 4 is 45.3 Å². The fourth-order valence-electron chi connectivity index (χ4n) is 14.3. The number of rotatable bonds is 55. The molecule has 98 heavy (non-hydrogen) atoms. The van der Waals surface area contributed by atoms with Crippen LogP contribution in [0.3, 0.4) is 0 Å². The number of hydrogen-bond acceptors (Lipinski definition) is 6. The van der Waals surface area contributed by atoms with Crippen LogP contribution in [0.25, 0.3) is 29.5 Å². The maximum Gasteiger partial charge on any atom is 0.416 e. The molecule has 2 unspecified atom stereocenters. The van der Waals surface area contributed by atoms with E-state index in [0.29, 0.717) is 0 Å². The van der Waals surface area contributed by atoms with Gasteiger partial charge in [0.25, 0.3) is 0 Å². The molecule has 6 rings (SSSR count). The molecule has 0 amide bonds. The standard InChI is InChI=1S/C86H130F6N2S4/c1-9-15-19-23-27-31-35-36-38-42-46-50-54-68-66-76(84(8,14-6)70-59-63-72(64-60-70)86(90,91)92)96-78(68)82-94-74(56-52-48-44-40-34-30-26-22-18-12-4)80(98-82)79-73(55-51-47-43-39-33-29-25-21-17-11-3)93-81(97-79)77-67(53-49-45-41-37-32-28-24-20-16-10-2)65-75(95-77)83(7,13-5)69-57-61-71(62-58-69)85(87,88)89/h57-66H,9-56H2,1-8H3. The lowest BCUT2D eigenvalue weighted by molar-refractivity contribution is -0.138. The van der Waals surface area contributed by atoms with E-state index in [2.05, 4.69) is 67.5 Å². The fraction of sp³-hybridized carbons (Fsp3) is 0.698. The maximum absolute atomic E-state index is 14.1. The maximum atomic E-state index is 14.1. The molecule has 12 heteroatoms. The predicted octanol–water partition coefficient (Wildman–Crippen LogP) is 31.8. The normalized spacial score (nSPS) is 13.5. The number of aryl methyl sites for hydroxylation is 4. The average Bonchev–Trinajstić information content (AvgIpc) is 1.59. The minimum absolute atomic E-state index is 0.502. The molecule has 0 fully saturated rings. The van der Waals surface area contributed by atoms with Crippen molar-refractivity contribution in [3.63, 3.8) is 0 Å². The Morgan fingerprint density at radius 3 is 0.735 bits per heavy atom. The number of alkyl halides is 6. The molecular weight excluding hydrogens is 1300 g/mol. The van der Waals surface area contributed by atoms with Gasteiger partial charge in [-0.05, 0) is 123 Å². The van der Waals surface area contributed by atoms with Crippen LogP contribution in [0.2, 0.25) is 0 Å². The summed E-state index contributed by atoms with van der Waals surface area (Å²) in [5.74, 6) is 0. The van der Waals surface area contributed by atoms with Crippen LogP contribution >= 0.6 is 45.3 Å². The molecular formula is C86H130F6N2S4. The van der Waals surface area contributed by atoms with Crippen molar-refractivity contribution in [2.75, 3.05) is 0 Å². The molecule has 0 spiro atoms.